The molecule has 0 spiro atoms. The van der Waals surface area contributed by atoms with Gasteiger partial charge >= 0.3 is 0 Å². The lowest BCUT2D eigenvalue weighted by Gasteiger charge is -2.38. The van der Waals surface area contributed by atoms with Crippen molar-refractivity contribution in [2.45, 2.75) is 19.0 Å². The molecule has 0 aromatic heterocycles. The van der Waals surface area contributed by atoms with E-state index in [2.05, 4.69) is 6.58 Å². The highest BCUT2D eigenvalue weighted by Gasteiger charge is 2.42. The zero-order chi connectivity index (χ0) is 11.1. The number of carbonyl (C=O) groups excluding carboxylic acids is 1. The summed E-state index contributed by atoms with van der Waals surface area (Å²) in [4.78, 5) is 13.1. The first-order chi connectivity index (χ1) is 7.06. The molecule has 84 valence electrons. The zero-order valence-electron chi connectivity index (χ0n) is 8.42. The van der Waals surface area contributed by atoms with Crippen LogP contribution in [-0.2, 0) is 14.8 Å². The van der Waals surface area contributed by atoms with Crippen LogP contribution in [0.5, 0.6) is 0 Å². The van der Waals surface area contributed by atoms with Crippen molar-refractivity contribution in [3.63, 3.8) is 0 Å². The van der Waals surface area contributed by atoms with Gasteiger partial charge in [-0.1, -0.05) is 6.58 Å². The average molecular weight is 230 g/mol. The lowest BCUT2D eigenvalue weighted by atomic mass is 10.3. The summed E-state index contributed by atoms with van der Waals surface area (Å²) in [5, 5.41) is 0. The lowest BCUT2D eigenvalue weighted by Crippen LogP contribution is -2.56. The van der Waals surface area contributed by atoms with Crippen molar-refractivity contribution >= 4 is 15.9 Å². The summed E-state index contributed by atoms with van der Waals surface area (Å²) in [6, 6.07) is 0. The Labute approximate surface area is 89.4 Å². The third kappa shape index (κ3) is 1.68. The number of hydrogen-bond acceptors (Lipinski definition) is 3. The maximum absolute atomic E-state index is 11.7. The molecule has 2 heterocycles. The number of carbonyl (C=O) groups is 1. The third-order valence-corrected chi connectivity index (χ3v) is 4.78. The van der Waals surface area contributed by atoms with Gasteiger partial charge in [-0.3, -0.25) is 4.79 Å². The fourth-order valence-electron chi connectivity index (χ4n) is 2.21. The van der Waals surface area contributed by atoms with Gasteiger partial charge < -0.3 is 4.90 Å². The molecule has 0 aromatic carbocycles. The van der Waals surface area contributed by atoms with Crippen molar-refractivity contribution < 1.29 is 13.2 Å². The molecule has 1 amide bonds. The topological polar surface area (TPSA) is 57.7 Å². The van der Waals surface area contributed by atoms with Gasteiger partial charge in [-0.2, -0.15) is 4.31 Å². The summed E-state index contributed by atoms with van der Waals surface area (Å²) in [6.07, 6.45) is 2.53. The number of fused-ring (bicyclic) bond motifs is 1. The molecule has 15 heavy (non-hydrogen) atoms. The second-order valence-corrected chi connectivity index (χ2v) is 5.83. The van der Waals surface area contributed by atoms with E-state index in [9.17, 15) is 13.2 Å². The van der Waals surface area contributed by atoms with E-state index in [4.69, 9.17) is 0 Å². The van der Waals surface area contributed by atoms with Crippen LogP contribution in [0.25, 0.3) is 0 Å². The number of hydrogen-bond donors (Lipinski definition) is 0. The van der Waals surface area contributed by atoms with Gasteiger partial charge in [0.05, 0.1) is 11.9 Å². The van der Waals surface area contributed by atoms with Crippen molar-refractivity contribution in [1.82, 2.24) is 9.21 Å². The second-order valence-electron chi connectivity index (χ2n) is 3.79. The van der Waals surface area contributed by atoms with Gasteiger partial charge in [0.25, 0.3) is 0 Å². The summed E-state index contributed by atoms with van der Waals surface area (Å²) in [7, 11) is -3.13. The van der Waals surface area contributed by atoms with Crippen LogP contribution < -0.4 is 0 Å². The molecule has 0 radical (unpaired) electrons. The van der Waals surface area contributed by atoms with Crippen molar-refractivity contribution in [3.8, 4) is 0 Å². The van der Waals surface area contributed by atoms with E-state index in [1.54, 1.807) is 4.90 Å². The van der Waals surface area contributed by atoms with Crippen LogP contribution in [-0.4, -0.2) is 48.5 Å². The van der Waals surface area contributed by atoms with Gasteiger partial charge in [0, 0.05) is 13.1 Å². The van der Waals surface area contributed by atoms with Crippen LogP contribution >= 0.6 is 0 Å². The summed E-state index contributed by atoms with van der Waals surface area (Å²) >= 11 is 0. The zero-order valence-corrected chi connectivity index (χ0v) is 9.24. The van der Waals surface area contributed by atoms with Crippen LogP contribution in [0, 0.1) is 0 Å². The SMILES string of the molecule is C=CC(=O)N1CCS(=O)(=O)N2CCCC12. The highest BCUT2D eigenvalue weighted by Crippen LogP contribution is 2.28. The molecule has 2 fully saturated rings. The van der Waals surface area contributed by atoms with Crippen molar-refractivity contribution in [1.29, 1.82) is 0 Å². The smallest absolute Gasteiger partial charge is 0.247 e. The van der Waals surface area contributed by atoms with Crippen LogP contribution in [0.4, 0.5) is 0 Å². The molecule has 2 aliphatic heterocycles. The molecule has 2 aliphatic rings. The van der Waals surface area contributed by atoms with Crippen molar-refractivity contribution in [2.75, 3.05) is 18.8 Å². The van der Waals surface area contributed by atoms with Gasteiger partial charge in [0.15, 0.2) is 0 Å². The van der Waals surface area contributed by atoms with E-state index < -0.39 is 10.0 Å². The minimum Gasteiger partial charge on any atom is -0.321 e. The van der Waals surface area contributed by atoms with E-state index in [1.165, 1.54) is 10.4 Å². The number of sulfonamides is 1. The molecule has 2 rings (SSSR count). The molecular weight excluding hydrogens is 216 g/mol. The van der Waals surface area contributed by atoms with E-state index in [0.717, 1.165) is 12.8 Å². The first kappa shape index (κ1) is 10.6. The van der Waals surface area contributed by atoms with E-state index in [-0.39, 0.29) is 24.4 Å². The number of nitrogens with zero attached hydrogens (tertiary/aromatic N) is 2. The standard InChI is InChI=1S/C9H14N2O3S/c1-2-9(12)10-6-7-15(13,14)11-5-3-4-8(10)11/h2,8H,1,3-7H2. The summed E-state index contributed by atoms with van der Waals surface area (Å²) in [5.41, 5.74) is 0. The summed E-state index contributed by atoms with van der Waals surface area (Å²) in [6.45, 7) is 4.25. The predicted molar refractivity (Wildman–Crippen MR) is 55.4 cm³/mol. The molecular formula is C9H14N2O3S. The Bertz CT molecular complexity index is 390. The molecule has 0 saturated carbocycles. The summed E-state index contributed by atoms with van der Waals surface area (Å²) in [5.74, 6) is -0.148. The van der Waals surface area contributed by atoms with Gasteiger partial charge in [0.1, 0.15) is 0 Å². The van der Waals surface area contributed by atoms with Gasteiger partial charge in [-0.15, -0.1) is 0 Å². The number of rotatable bonds is 1. The molecule has 0 bridgehead atoms. The minimum atomic E-state index is -3.13. The molecule has 2 saturated heterocycles. The average Bonchev–Trinajstić information content (AvgIpc) is 2.67. The monoisotopic (exact) mass is 230 g/mol. The maximum atomic E-state index is 11.7. The minimum absolute atomic E-state index is 0.0308. The Balaban J connectivity index is 2.27. The molecule has 0 N–H and O–H groups in total. The highest BCUT2D eigenvalue weighted by atomic mass is 32.2. The Morgan fingerprint density at radius 1 is 1.40 bits per heavy atom. The molecule has 6 heteroatoms. The van der Waals surface area contributed by atoms with Gasteiger partial charge in [-0.25, -0.2) is 8.42 Å². The predicted octanol–water partition coefficient (Wildman–Crippen LogP) is -0.234. The normalized spacial score (nSPS) is 29.9. The fourth-order valence-corrected chi connectivity index (χ4v) is 3.87. The Morgan fingerprint density at radius 3 is 2.80 bits per heavy atom. The Kier molecular flexibility index (Phi) is 2.56. The lowest BCUT2D eigenvalue weighted by molar-refractivity contribution is -0.130. The molecule has 1 unspecified atom stereocenters. The molecule has 0 aliphatic carbocycles. The first-order valence-electron chi connectivity index (χ1n) is 4.99. The van der Waals surface area contributed by atoms with E-state index in [1.807, 2.05) is 0 Å². The third-order valence-electron chi connectivity index (χ3n) is 2.94. The fraction of sp³-hybridized carbons (Fsp3) is 0.667. The van der Waals surface area contributed by atoms with Crippen LogP contribution in [0.15, 0.2) is 12.7 Å². The Morgan fingerprint density at radius 2 is 2.13 bits per heavy atom. The van der Waals surface area contributed by atoms with Crippen LogP contribution in [0.1, 0.15) is 12.8 Å². The first-order valence-corrected chi connectivity index (χ1v) is 6.60. The van der Waals surface area contributed by atoms with Crippen molar-refractivity contribution in [2.24, 2.45) is 0 Å². The highest BCUT2D eigenvalue weighted by molar-refractivity contribution is 7.89. The largest absolute Gasteiger partial charge is 0.321 e. The molecule has 5 nitrogen and oxygen atoms in total. The van der Waals surface area contributed by atoms with Crippen LogP contribution in [0.3, 0.4) is 0 Å². The van der Waals surface area contributed by atoms with Crippen molar-refractivity contribution in [3.05, 3.63) is 12.7 Å². The number of amides is 1. The Hall–Kier alpha value is -0.880. The van der Waals surface area contributed by atoms with E-state index >= 15 is 0 Å². The maximum Gasteiger partial charge on any atom is 0.247 e. The molecule has 0 aromatic rings. The van der Waals surface area contributed by atoms with E-state index in [0.29, 0.717) is 6.54 Å². The quantitative estimate of drug-likeness (QED) is 0.584. The summed E-state index contributed by atoms with van der Waals surface area (Å²) < 4.78 is 24.8. The van der Waals surface area contributed by atoms with Gasteiger partial charge in [-0.05, 0) is 18.9 Å². The second kappa shape index (κ2) is 3.61. The van der Waals surface area contributed by atoms with Gasteiger partial charge in [0.2, 0.25) is 15.9 Å². The van der Waals surface area contributed by atoms with Crippen LogP contribution in [0.2, 0.25) is 0 Å². The molecule has 1 atom stereocenters.